The van der Waals surface area contributed by atoms with Crippen LogP contribution in [0.2, 0.25) is 0 Å². The van der Waals surface area contributed by atoms with E-state index in [1.54, 1.807) is 0 Å². The first-order chi connectivity index (χ1) is 10.2. The van der Waals surface area contributed by atoms with Gasteiger partial charge in [-0.1, -0.05) is 18.2 Å². The highest BCUT2D eigenvalue weighted by Crippen LogP contribution is 2.28. The number of nitrogen functional groups attached to an aromatic ring is 1. The van der Waals surface area contributed by atoms with Gasteiger partial charge in [-0.2, -0.15) is 0 Å². The minimum absolute atomic E-state index is 0.0703. The number of aliphatic hydroxyl groups is 1. The topological polar surface area (TPSA) is 86.2 Å². The minimum atomic E-state index is 0.0703. The molecule has 1 fully saturated rings. The Balaban J connectivity index is 1.98. The van der Waals surface area contributed by atoms with Crippen LogP contribution in [0.1, 0.15) is 18.4 Å². The molecular formula is C16H20N4O. The number of fused-ring (bicyclic) bond motifs is 1. The molecule has 1 aliphatic heterocycles. The van der Waals surface area contributed by atoms with Gasteiger partial charge in [-0.3, -0.25) is 5.41 Å². The Morgan fingerprint density at radius 2 is 2.24 bits per heavy atom. The molecule has 5 heteroatoms. The molecule has 5 nitrogen and oxygen atoms in total. The minimum Gasteiger partial charge on any atom is -0.396 e. The molecule has 4 N–H and O–H groups in total. The van der Waals surface area contributed by atoms with Crippen LogP contribution in [0, 0.1) is 11.3 Å². The van der Waals surface area contributed by atoms with Crippen LogP contribution in [0.15, 0.2) is 30.3 Å². The van der Waals surface area contributed by atoms with Gasteiger partial charge in [0.05, 0.1) is 5.52 Å². The second kappa shape index (κ2) is 5.69. The number of pyridine rings is 1. The lowest BCUT2D eigenvalue weighted by molar-refractivity contribution is 0.263. The van der Waals surface area contributed by atoms with E-state index in [0.717, 1.165) is 48.2 Å². The molecule has 0 radical (unpaired) electrons. The van der Waals surface area contributed by atoms with Gasteiger partial charge in [0.1, 0.15) is 11.7 Å². The monoisotopic (exact) mass is 284 g/mol. The summed E-state index contributed by atoms with van der Waals surface area (Å²) in [5.41, 5.74) is 7.33. The second-order valence-electron chi connectivity index (χ2n) is 5.57. The number of nitrogens with one attached hydrogen (secondary N) is 1. The Kier molecular flexibility index (Phi) is 3.75. The average molecular weight is 284 g/mol. The maximum absolute atomic E-state index is 9.06. The van der Waals surface area contributed by atoms with Crippen molar-refractivity contribution < 1.29 is 5.11 Å². The molecule has 0 amide bonds. The van der Waals surface area contributed by atoms with E-state index in [2.05, 4.69) is 4.90 Å². The number of hydrogen-bond donors (Lipinski definition) is 3. The van der Waals surface area contributed by atoms with E-state index in [1.165, 1.54) is 0 Å². The van der Waals surface area contributed by atoms with Gasteiger partial charge in [0.25, 0.3) is 0 Å². The predicted octanol–water partition coefficient (Wildman–Crippen LogP) is 1.73. The van der Waals surface area contributed by atoms with Crippen LogP contribution >= 0.6 is 0 Å². The largest absolute Gasteiger partial charge is 0.396 e. The molecule has 2 aromatic rings. The molecule has 0 saturated carbocycles. The lowest BCUT2D eigenvalue weighted by Crippen LogP contribution is -2.22. The van der Waals surface area contributed by atoms with Crippen molar-refractivity contribution in [3.63, 3.8) is 0 Å². The fourth-order valence-electron chi connectivity index (χ4n) is 3.01. The number of aliphatic hydroxyl groups excluding tert-OH is 1. The third kappa shape index (κ3) is 2.69. The SMILES string of the molecule is N=C(N)c1cc(N2CCC(CCO)C2)nc2ccccc12. The quantitative estimate of drug-likeness (QED) is 0.589. The number of nitrogens with zero attached hydrogens (tertiary/aromatic N) is 2. The van der Waals surface area contributed by atoms with Gasteiger partial charge in [0.15, 0.2) is 0 Å². The molecule has 3 rings (SSSR count). The van der Waals surface area contributed by atoms with Gasteiger partial charge >= 0.3 is 0 Å². The summed E-state index contributed by atoms with van der Waals surface area (Å²) >= 11 is 0. The first-order valence-electron chi connectivity index (χ1n) is 7.29. The number of hydrogen-bond acceptors (Lipinski definition) is 4. The summed E-state index contributed by atoms with van der Waals surface area (Å²) in [5.74, 6) is 1.46. The van der Waals surface area contributed by atoms with Crippen LogP contribution in [-0.2, 0) is 0 Å². The zero-order valence-electron chi connectivity index (χ0n) is 11.9. The number of nitrogens with two attached hydrogens (primary N) is 1. The predicted molar refractivity (Wildman–Crippen MR) is 84.8 cm³/mol. The molecule has 0 aliphatic carbocycles. The van der Waals surface area contributed by atoms with Crippen molar-refractivity contribution in [1.29, 1.82) is 5.41 Å². The van der Waals surface area contributed by atoms with Crippen LogP contribution in [-0.4, -0.2) is 35.6 Å². The van der Waals surface area contributed by atoms with Crippen LogP contribution in [0.25, 0.3) is 10.9 Å². The zero-order valence-corrected chi connectivity index (χ0v) is 11.9. The Hall–Kier alpha value is -2.14. The molecular weight excluding hydrogens is 264 g/mol. The van der Waals surface area contributed by atoms with Crippen LogP contribution in [0.3, 0.4) is 0 Å². The maximum atomic E-state index is 9.06. The fourth-order valence-corrected chi connectivity index (χ4v) is 3.01. The van der Waals surface area contributed by atoms with Crippen molar-refractivity contribution in [3.05, 3.63) is 35.9 Å². The normalized spacial score (nSPS) is 18.3. The van der Waals surface area contributed by atoms with Gasteiger partial charge < -0.3 is 15.7 Å². The average Bonchev–Trinajstić information content (AvgIpc) is 2.95. The number of rotatable bonds is 4. The third-order valence-corrected chi connectivity index (χ3v) is 4.14. The number of amidine groups is 1. The molecule has 1 aromatic carbocycles. The molecule has 1 aliphatic rings. The maximum Gasteiger partial charge on any atom is 0.129 e. The standard InChI is InChI=1S/C16H20N4O/c17-16(18)13-9-15(19-14-4-2-1-3-12(13)14)20-7-5-11(10-20)6-8-21/h1-4,9,11,21H,5-8,10H2,(H3,17,18). The van der Waals surface area contributed by atoms with E-state index in [0.29, 0.717) is 5.92 Å². The van der Waals surface area contributed by atoms with E-state index >= 15 is 0 Å². The summed E-state index contributed by atoms with van der Waals surface area (Å²) in [4.78, 5) is 6.93. The van der Waals surface area contributed by atoms with Crippen LogP contribution < -0.4 is 10.6 Å². The van der Waals surface area contributed by atoms with Gasteiger partial charge in [-0.25, -0.2) is 4.98 Å². The van der Waals surface area contributed by atoms with Crippen LogP contribution in [0.4, 0.5) is 5.82 Å². The molecule has 1 unspecified atom stereocenters. The second-order valence-corrected chi connectivity index (χ2v) is 5.57. The molecule has 0 spiro atoms. The molecule has 2 heterocycles. The summed E-state index contributed by atoms with van der Waals surface area (Å²) < 4.78 is 0. The number of anilines is 1. The Bertz CT molecular complexity index is 670. The van der Waals surface area contributed by atoms with Crippen molar-refractivity contribution in [2.45, 2.75) is 12.8 Å². The number of aromatic nitrogens is 1. The van der Waals surface area contributed by atoms with E-state index in [9.17, 15) is 0 Å². The van der Waals surface area contributed by atoms with Crippen molar-refractivity contribution in [1.82, 2.24) is 4.98 Å². The van der Waals surface area contributed by atoms with Gasteiger partial charge in [0, 0.05) is 30.6 Å². The van der Waals surface area contributed by atoms with E-state index in [-0.39, 0.29) is 12.4 Å². The molecule has 1 aromatic heterocycles. The summed E-state index contributed by atoms with van der Waals surface area (Å²) in [7, 11) is 0. The smallest absolute Gasteiger partial charge is 0.129 e. The van der Waals surface area contributed by atoms with Crippen LogP contribution in [0.5, 0.6) is 0 Å². The zero-order chi connectivity index (χ0) is 14.8. The highest BCUT2D eigenvalue weighted by atomic mass is 16.3. The molecule has 21 heavy (non-hydrogen) atoms. The molecule has 1 atom stereocenters. The van der Waals surface area contributed by atoms with Gasteiger partial charge in [-0.15, -0.1) is 0 Å². The van der Waals surface area contributed by atoms with Crippen molar-refractivity contribution >= 4 is 22.6 Å². The summed E-state index contributed by atoms with van der Waals surface area (Å²) in [6.07, 6.45) is 1.91. The van der Waals surface area contributed by atoms with Crippen molar-refractivity contribution in [2.75, 3.05) is 24.6 Å². The van der Waals surface area contributed by atoms with E-state index in [1.807, 2.05) is 30.3 Å². The van der Waals surface area contributed by atoms with E-state index in [4.69, 9.17) is 21.2 Å². The lowest BCUT2D eigenvalue weighted by Gasteiger charge is -2.19. The Labute approximate surface area is 123 Å². The highest BCUT2D eigenvalue weighted by Gasteiger charge is 2.24. The van der Waals surface area contributed by atoms with Gasteiger partial charge in [0.2, 0.25) is 0 Å². The van der Waals surface area contributed by atoms with Crippen molar-refractivity contribution in [3.8, 4) is 0 Å². The fraction of sp³-hybridized carbons (Fsp3) is 0.375. The van der Waals surface area contributed by atoms with Crippen molar-refractivity contribution in [2.24, 2.45) is 11.7 Å². The Morgan fingerprint density at radius 3 is 3.00 bits per heavy atom. The number of benzene rings is 1. The molecule has 1 saturated heterocycles. The van der Waals surface area contributed by atoms with E-state index < -0.39 is 0 Å². The van der Waals surface area contributed by atoms with Gasteiger partial charge in [-0.05, 0) is 30.9 Å². The molecule has 0 bridgehead atoms. The summed E-state index contributed by atoms with van der Waals surface area (Å²) in [6.45, 7) is 2.08. The summed E-state index contributed by atoms with van der Waals surface area (Å²) in [5, 5.41) is 17.8. The number of para-hydroxylation sites is 1. The lowest BCUT2D eigenvalue weighted by atomic mass is 10.1. The highest BCUT2D eigenvalue weighted by molar-refractivity contribution is 6.07. The Morgan fingerprint density at radius 1 is 1.43 bits per heavy atom. The first kappa shape index (κ1) is 13.8. The third-order valence-electron chi connectivity index (χ3n) is 4.14. The first-order valence-corrected chi connectivity index (χ1v) is 7.29. The summed E-state index contributed by atoms with van der Waals surface area (Å²) in [6, 6.07) is 9.69. The molecule has 110 valence electrons.